The van der Waals surface area contributed by atoms with Gasteiger partial charge in [-0.2, -0.15) is 0 Å². The van der Waals surface area contributed by atoms with Crippen LogP contribution in [0.15, 0.2) is 18.2 Å². The zero-order valence-electron chi connectivity index (χ0n) is 17.6. The molecule has 0 atom stereocenters. The third-order valence-corrected chi connectivity index (χ3v) is 6.05. The predicted octanol–water partition coefficient (Wildman–Crippen LogP) is 2.62. The van der Waals surface area contributed by atoms with E-state index in [-0.39, 0.29) is 17.5 Å². The standard InChI is InChI=1S/C23H27FN4O2/c1-14-18(11-17(29)13-28-8-6-27(3)7-9-28)15(2)25-22(14)12-20-19-10-16(24)4-5-21(19)26-23(20)30/h4-5,10,12,25H,6-9,11,13H2,1-3H3,(H,26,30)/b20-12-. The summed E-state index contributed by atoms with van der Waals surface area (Å²) in [6, 6.07) is 4.26. The van der Waals surface area contributed by atoms with Crippen molar-refractivity contribution in [1.82, 2.24) is 14.8 Å². The largest absolute Gasteiger partial charge is 0.359 e. The van der Waals surface area contributed by atoms with Crippen molar-refractivity contribution in [2.24, 2.45) is 0 Å². The molecule has 1 aromatic carbocycles. The maximum absolute atomic E-state index is 13.7. The van der Waals surface area contributed by atoms with Crippen molar-refractivity contribution in [3.8, 4) is 0 Å². The summed E-state index contributed by atoms with van der Waals surface area (Å²) in [5, 5.41) is 2.77. The Hall–Kier alpha value is -2.77. The number of fused-ring (bicyclic) bond motifs is 1. The normalized spacial score (nSPS) is 18.7. The fourth-order valence-electron chi connectivity index (χ4n) is 4.18. The van der Waals surface area contributed by atoms with E-state index < -0.39 is 0 Å². The number of carbonyl (C=O) groups is 2. The lowest BCUT2D eigenvalue weighted by Crippen LogP contribution is -2.46. The number of hydrogen-bond donors (Lipinski definition) is 2. The Bertz CT molecular complexity index is 1030. The predicted molar refractivity (Wildman–Crippen MR) is 116 cm³/mol. The summed E-state index contributed by atoms with van der Waals surface area (Å²) in [7, 11) is 2.10. The van der Waals surface area contributed by atoms with Crippen LogP contribution in [-0.4, -0.2) is 66.2 Å². The van der Waals surface area contributed by atoms with E-state index in [1.165, 1.54) is 12.1 Å². The minimum Gasteiger partial charge on any atom is -0.359 e. The highest BCUT2D eigenvalue weighted by Gasteiger charge is 2.26. The summed E-state index contributed by atoms with van der Waals surface area (Å²) < 4.78 is 13.7. The SMILES string of the molecule is Cc1[nH]c(/C=C2\C(=O)Nc3ccc(F)cc32)c(C)c1CC(=O)CN1CCN(C)CC1. The van der Waals surface area contributed by atoms with Crippen molar-refractivity contribution in [3.05, 3.63) is 52.1 Å². The van der Waals surface area contributed by atoms with Gasteiger partial charge in [0.05, 0.1) is 12.1 Å². The van der Waals surface area contributed by atoms with E-state index in [4.69, 9.17) is 0 Å². The molecule has 0 spiro atoms. The van der Waals surface area contributed by atoms with E-state index in [0.29, 0.717) is 29.8 Å². The van der Waals surface area contributed by atoms with Crippen molar-refractivity contribution in [2.75, 3.05) is 45.1 Å². The van der Waals surface area contributed by atoms with Crippen LogP contribution in [0.2, 0.25) is 0 Å². The van der Waals surface area contributed by atoms with E-state index in [2.05, 4.69) is 27.1 Å². The molecule has 0 radical (unpaired) electrons. The van der Waals surface area contributed by atoms with Gasteiger partial charge in [-0.25, -0.2) is 4.39 Å². The van der Waals surface area contributed by atoms with Crippen LogP contribution in [0, 0.1) is 19.7 Å². The molecular weight excluding hydrogens is 383 g/mol. The molecule has 0 unspecified atom stereocenters. The number of carbonyl (C=O) groups excluding carboxylic acids is 2. The Morgan fingerprint density at radius 1 is 1.20 bits per heavy atom. The smallest absolute Gasteiger partial charge is 0.256 e. The second-order valence-corrected chi connectivity index (χ2v) is 8.26. The third kappa shape index (κ3) is 4.08. The van der Waals surface area contributed by atoms with Crippen molar-refractivity contribution >= 4 is 29.0 Å². The maximum atomic E-state index is 13.7. The van der Waals surface area contributed by atoms with Crippen molar-refractivity contribution < 1.29 is 14.0 Å². The van der Waals surface area contributed by atoms with Gasteiger partial charge >= 0.3 is 0 Å². The van der Waals surface area contributed by atoms with Crippen LogP contribution in [0.5, 0.6) is 0 Å². The summed E-state index contributed by atoms with van der Waals surface area (Å²) in [5.41, 5.74) is 5.20. The zero-order valence-corrected chi connectivity index (χ0v) is 17.6. The Morgan fingerprint density at radius 2 is 1.93 bits per heavy atom. The first kappa shape index (κ1) is 20.5. The summed E-state index contributed by atoms with van der Waals surface area (Å²) in [6.45, 7) is 8.15. The number of hydrogen-bond acceptors (Lipinski definition) is 4. The van der Waals surface area contributed by atoms with E-state index in [1.54, 1.807) is 12.1 Å². The molecule has 2 aliphatic rings. The quantitative estimate of drug-likeness (QED) is 0.744. The van der Waals surface area contributed by atoms with Crippen LogP contribution in [0.4, 0.5) is 10.1 Å². The van der Waals surface area contributed by atoms with Crippen LogP contribution in [-0.2, 0) is 16.0 Å². The highest BCUT2D eigenvalue weighted by atomic mass is 19.1. The molecule has 4 rings (SSSR count). The number of ketones is 1. The molecule has 1 amide bonds. The molecule has 1 saturated heterocycles. The number of likely N-dealkylation sites (N-methyl/N-ethyl adjacent to an activating group) is 1. The summed E-state index contributed by atoms with van der Waals surface area (Å²) in [4.78, 5) is 32.8. The summed E-state index contributed by atoms with van der Waals surface area (Å²) >= 11 is 0. The number of rotatable bonds is 5. The van der Waals surface area contributed by atoms with Crippen LogP contribution < -0.4 is 5.32 Å². The third-order valence-electron chi connectivity index (χ3n) is 6.05. The Balaban J connectivity index is 1.53. The van der Waals surface area contributed by atoms with E-state index in [1.807, 2.05) is 13.8 Å². The molecule has 2 aliphatic heterocycles. The van der Waals surface area contributed by atoms with Crippen LogP contribution in [0.1, 0.15) is 28.1 Å². The van der Waals surface area contributed by atoms with E-state index in [9.17, 15) is 14.0 Å². The van der Waals surface area contributed by atoms with E-state index in [0.717, 1.165) is 48.7 Å². The first-order valence-corrected chi connectivity index (χ1v) is 10.3. The minimum absolute atomic E-state index is 0.190. The number of nitrogens with zero attached hydrogens (tertiary/aromatic N) is 2. The molecule has 0 aliphatic carbocycles. The Morgan fingerprint density at radius 3 is 2.67 bits per heavy atom. The molecule has 6 nitrogen and oxygen atoms in total. The first-order valence-electron chi connectivity index (χ1n) is 10.3. The van der Waals surface area contributed by atoms with Gasteiger partial charge in [-0.1, -0.05) is 0 Å². The molecular formula is C23H27FN4O2. The number of nitrogens with one attached hydrogen (secondary N) is 2. The molecule has 30 heavy (non-hydrogen) atoms. The average Bonchev–Trinajstić information content (AvgIpc) is 3.14. The van der Waals surface area contributed by atoms with Crippen molar-refractivity contribution in [3.63, 3.8) is 0 Å². The number of aromatic nitrogens is 1. The fourth-order valence-corrected chi connectivity index (χ4v) is 4.18. The number of H-pyrrole nitrogens is 1. The van der Waals surface area contributed by atoms with Gasteiger partial charge in [-0.3, -0.25) is 14.5 Å². The van der Waals surface area contributed by atoms with Crippen LogP contribution >= 0.6 is 0 Å². The monoisotopic (exact) mass is 410 g/mol. The summed E-state index contributed by atoms with van der Waals surface area (Å²) in [6.07, 6.45) is 2.11. The lowest BCUT2D eigenvalue weighted by atomic mass is 10.0. The van der Waals surface area contributed by atoms with E-state index >= 15 is 0 Å². The number of anilines is 1. The number of Topliss-reactive ketones (excluding diaryl/α,β-unsaturated/α-hetero) is 1. The van der Waals surface area contributed by atoms with Gasteiger partial charge in [0.25, 0.3) is 5.91 Å². The molecule has 1 fully saturated rings. The van der Waals surface area contributed by atoms with Gasteiger partial charge < -0.3 is 15.2 Å². The minimum atomic E-state index is -0.384. The molecule has 3 heterocycles. The second-order valence-electron chi connectivity index (χ2n) is 8.26. The lowest BCUT2D eigenvalue weighted by Gasteiger charge is -2.31. The molecule has 158 valence electrons. The second kappa shape index (κ2) is 8.16. The lowest BCUT2D eigenvalue weighted by molar-refractivity contribution is -0.120. The van der Waals surface area contributed by atoms with Crippen LogP contribution in [0.3, 0.4) is 0 Å². The topological polar surface area (TPSA) is 68.4 Å². The van der Waals surface area contributed by atoms with Gasteiger partial charge in [0.2, 0.25) is 0 Å². The molecule has 2 aromatic rings. The Kier molecular flexibility index (Phi) is 5.58. The zero-order chi connectivity index (χ0) is 21.4. The number of piperazine rings is 1. The number of aromatic amines is 1. The number of amides is 1. The molecule has 7 heteroatoms. The number of benzene rings is 1. The van der Waals surface area contributed by atoms with Crippen molar-refractivity contribution in [1.29, 1.82) is 0 Å². The van der Waals surface area contributed by atoms with Gasteiger partial charge in [0.1, 0.15) is 5.82 Å². The number of aryl methyl sites for hydroxylation is 1. The number of halogens is 1. The average molecular weight is 410 g/mol. The highest BCUT2D eigenvalue weighted by molar-refractivity contribution is 6.34. The fraction of sp³-hybridized carbons (Fsp3) is 0.391. The van der Waals surface area contributed by atoms with Crippen molar-refractivity contribution in [2.45, 2.75) is 20.3 Å². The highest BCUT2D eigenvalue weighted by Crippen LogP contribution is 2.34. The molecule has 1 aromatic heterocycles. The Labute approximate surface area is 175 Å². The molecule has 2 N–H and O–H groups in total. The van der Waals surface area contributed by atoms with Gasteiger partial charge in [0.15, 0.2) is 5.78 Å². The van der Waals surface area contributed by atoms with Gasteiger partial charge in [0, 0.05) is 55.2 Å². The van der Waals surface area contributed by atoms with Gasteiger partial charge in [-0.15, -0.1) is 0 Å². The first-order chi connectivity index (χ1) is 14.3. The molecule has 0 bridgehead atoms. The summed E-state index contributed by atoms with van der Waals surface area (Å²) in [5.74, 6) is -0.448. The molecule has 0 saturated carbocycles. The van der Waals surface area contributed by atoms with Gasteiger partial charge in [-0.05, 0) is 56.3 Å². The maximum Gasteiger partial charge on any atom is 0.256 e. The van der Waals surface area contributed by atoms with Crippen LogP contribution in [0.25, 0.3) is 11.6 Å².